The molecule has 9 heteroatoms. The maximum absolute atomic E-state index is 12.6. The van der Waals surface area contributed by atoms with Crippen LogP contribution in [0.15, 0.2) is 18.2 Å². The quantitative estimate of drug-likeness (QED) is 0.885. The zero-order valence-corrected chi connectivity index (χ0v) is 14.1. The summed E-state index contributed by atoms with van der Waals surface area (Å²) in [7, 11) is 1.01. The van der Waals surface area contributed by atoms with Crippen LogP contribution in [0.1, 0.15) is 17.3 Å². The third-order valence-electron chi connectivity index (χ3n) is 4.34. The Balaban J connectivity index is 2.29. The Morgan fingerprint density at radius 2 is 1.80 bits per heavy atom. The zero-order chi connectivity index (χ0) is 18.8. The topological polar surface area (TPSA) is 69.9 Å². The monoisotopic (exact) mass is 358 g/mol. The first-order valence-corrected chi connectivity index (χ1v) is 7.91. The molecule has 1 aliphatic rings. The predicted octanol–water partition coefficient (Wildman–Crippen LogP) is 1.45. The van der Waals surface area contributed by atoms with Gasteiger partial charge in [-0.1, -0.05) is 6.92 Å². The minimum atomic E-state index is -4.99. The fourth-order valence-electron chi connectivity index (χ4n) is 2.82. The molecule has 2 amide bonds. The Morgan fingerprint density at radius 1 is 1.20 bits per heavy atom. The van der Waals surface area contributed by atoms with Crippen LogP contribution >= 0.6 is 0 Å². The number of carbonyl (C=O) groups excluding carboxylic acids is 2. The number of carbonyl (C=O) groups is 2. The van der Waals surface area contributed by atoms with Gasteiger partial charge in [-0.2, -0.15) is 13.2 Å². The Kier molecular flexibility index (Phi) is 5.56. The number of primary amides is 1. The van der Waals surface area contributed by atoms with E-state index in [4.69, 9.17) is 5.73 Å². The van der Waals surface area contributed by atoms with Crippen LogP contribution < -0.4 is 15.5 Å². The lowest BCUT2D eigenvalue weighted by Gasteiger charge is -2.36. The summed E-state index contributed by atoms with van der Waals surface area (Å²) in [5.74, 6) is -2.75. The average Bonchev–Trinajstić information content (AvgIpc) is 2.59. The van der Waals surface area contributed by atoms with E-state index < -0.39 is 18.0 Å². The van der Waals surface area contributed by atoms with Gasteiger partial charge in [0.05, 0.1) is 5.56 Å². The lowest BCUT2D eigenvalue weighted by molar-refractivity contribution is -0.170. The van der Waals surface area contributed by atoms with Gasteiger partial charge in [0.25, 0.3) is 5.91 Å². The van der Waals surface area contributed by atoms with Gasteiger partial charge in [-0.25, -0.2) is 0 Å². The van der Waals surface area contributed by atoms with E-state index in [0.29, 0.717) is 23.7 Å². The summed E-state index contributed by atoms with van der Waals surface area (Å²) in [4.78, 5) is 27.8. The van der Waals surface area contributed by atoms with E-state index in [9.17, 15) is 22.8 Å². The van der Waals surface area contributed by atoms with Crippen LogP contribution in [0.25, 0.3) is 0 Å². The number of nitrogens with two attached hydrogens (primary N) is 1. The van der Waals surface area contributed by atoms with Crippen molar-refractivity contribution in [1.82, 2.24) is 4.90 Å². The SMILES string of the molecule is CCN1CCN(c2ccc(N(C)C(=O)C(F)(F)F)cc2C(N)=O)CC1. The van der Waals surface area contributed by atoms with Crippen LogP contribution in [0.2, 0.25) is 0 Å². The van der Waals surface area contributed by atoms with E-state index in [1.807, 2.05) is 4.90 Å². The molecule has 1 saturated heterocycles. The Morgan fingerprint density at radius 3 is 2.28 bits per heavy atom. The first-order valence-electron chi connectivity index (χ1n) is 7.91. The highest BCUT2D eigenvalue weighted by Gasteiger charge is 2.41. The number of amides is 2. The molecule has 1 aromatic carbocycles. The van der Waals surface area contributed by atoms with Crippen LogP contribution in [-0.4, -0.2) is 62.7 Å². The molecule has 0 saturated carbocycles. The summed E-state index contributed by atoms with van der Waals surface area (Å²) in [6.45, 7) is 6.01. The number of hydrogen-bond donors (Lipinski definition) is 1. The van der Waals surface area contributed by atoms with Crippen LogP contribution in [0.3, 0.4) is 0 Å². The minimum Gasteiger partial charge on any atom is -0.368 e. The molecule has 0 aliphatic carbocycles. The highest BCUT2D eigenvalue weighted by molar-refractivity contribution is 6.02. The standard InChI is InChI=1S/C16H21F3N4O2/c1-3-22-6-8-23(9-7-22)13-5-4-11(10-12(13)14(20)24)21(2)15(25)16(17,18)19/h4-5,10H,3,6-9H2,1-2H3,(H2,20,24). The number of nitrogens with zero attached hydrogens (tertiary/aromatic N) is 3. The fraction of sp³-hybridized carbons (Fsp3) is 0.500. The summed E-state index contributed by atoms with van der Waals surface area (Å²) < 4.78 is 37.8. The van der Waals surface area contributed by atoms with Crippen molar-refractivity contribution in [3.8, 4) is 0 Å². The Labute approximate surface area is 144 Å². The molecular weight excluding hydrogens is 337 g/mol. The molecule has 1 heterocycles. The largest absolute Gasteiger partial charge is 0.471 e. The smallest absolute Gasteiger partial charge is 0.368 e. The van der Waals surface area contributed by atoms with Crippen molar-refractivity contribution in [2.24, 2.45) is 5.73 Å². The van der Waals surface area contributed by atoms with Gasteiger partial charge in [0.15, 0.2) is 0 Å². The third kappa shape index (κ3) is 4.22. The molecule has 0 unspecified atom stereocenters. The lowest BCUT2D eigenvalue weighted by atomic mass is 10.1. The van der Waals surface area contributed by atoms with Gasteiger partial charge in [-0.15, -0.1) is 0 Å². The van der Waals surface area contributed by atoms with Crippen molar-refractivity contribution in [2.45, 2.75) is 13.1 Å². The Bertz CT molecular complexity index is 655. The van der Waals surface area contributed by atoms with Gasteiger partial charge in [-0.05, 0) is 24.7 Å². The first kappa shape index (κ1) is 19.0. The molecule has 0 atom stereocenters. The number of likely N-dealkylation sites (N-methyl/N-ethyl adjacent to an activating group) is 1. The number of anilines is 2. The van der Waals surface area contributed by atoms with Gasteiger partial charge < -0.3 is 20.4 Å². The molecule has 138 valence electrons. The first-order chi connectivity index (χ1) is 11.6. The summed E-state index contributed by atoms with van der Waals surface area (Å²) in [5, 5.41) is 0. The van der Waals surface area contributed by atoms with Crippen LogP contribution in [-0.2, 0) is 4.79 Å². The number of alkyl halides is 3. The van der Waals surface area contributed by atoms with E-state index in [0.717, 1.165) is 26.7 Å². The summed E-state index contributed by atoms with van der Waals surface area (Å²) in [6.07, 6.45) is -4.99. The van der Waals surface area contributed by atoms with E-state index in [-0.39, 0.29) is 11.3 Å². The predicted molar refractivity (Wildman–Crippen MR) is 88.8 cm³/mol. The van der Waals surface area contributed by atoms with Crippen molar-refractivity contribution in [1.29, 1.82) is 0 Å². The second kappa shape index (κ2) is 7.30. The maximum atomic E-state index is 12.6. The van der Waals surface area contributed by atoms with Crippen LogP contribution in [0.4, 0.5) is 24.5 Å². The highest BCUT2D eigenvalue weighted by atomic mass is 19.4. The summed E-state index contributed by atoms with van der Waals surface area (Å²) in [5.41, 5.74) is 6.04. The molecule has 1 aromatic rings. The van der Waals surface area contributed by atoms with Gasteiger partial charge in [-0.3, -0.25) is 9.59 Å². The Hall–Kier alpha value is -2.29. The molecule has 6 nitrogen and oxygen atoms in total. The normalized spacial score (nSPS) is 16.0. The highest BCUT2D eigenvalue weighted by Crippen LogP contribution is 2.29. The molecule has 0 radical (unpaired) electrons. The van der Waals surface area contributed by atoms with Crippen molar-refractivity contribution in [3.63, 3.8) is 0 Å². The number of hydrogen-bond acceptors (Lipinski definition) is 4. The minimum absolute atomic E-state index is 0.0351. The van der Waals surface area contributed by atoms with Gasteiger partial charge in [0.2, 0.25) is 0 Å². The van der Waals surface area contributed by atoms with E-state index in [2.05, 4.69) is 11.8 Å². The zero-order valence-electron chi connectivity index (χ0n) is 14.1. The average molecular weight is 358 g/mol. The number of halogens is 3. The summed E-state index contributed by atoms with van der Waals surface area (Å²) in [6, 6.07) is 4.16. The second-order valence-electron chi connectivity index (χ2n) is 5.85. The molecule has 0 aromatic heterocycles. The van der Waals surface area contributed by atoms with E-state index >= 15 is 0 Å². The summed E-state index contributed by atoms with van der Waals surface area (Å²) >= 11 is 0. The lowest BCUT2D eigenvalue weighted by Crippen LogP contribution is -2.46. The molecule has 2 N–H and O–H groups in total. The third-order valence-corrected chi connectivity index (χ3v) is 4.34. The van der Waals surface area contributed by atoms with Crippen LogP contribution in [0.5, 0.6) is 0 Å². The molecule has 25 heavy (non-hydrogen) atoms. The van der Waals surface area contributed by atoms with Crippen LogP contribution in [0, 0.1) is 0 Å². The van der Waals surface area contributed by atoms with Crippen molar-refractivity contribution < 1.29 is 22.8 Å². The molecular formula is C16H21F3N4O2. The van der Waals surface area contributed by atoms with E-state index in [1.165, 1.54) is 18.2 Å². The maximum Gasteiger partial charge on any atom is 0.471 e. The van der Waals surface area contributed by atoms with Crippen molar-refractivity contribution in [3.05, 3.63) is 23.8 Å². The molecule has 1 aliphatic heterocycles. The van der Waals surface area contributed by atoms with Crippen molar-refractivity contribution in [2.75, 3.05) is 49.6 Å². The number of piperazine rings is 1. The number of rotatable bonds is 4. The van der Waals surface area contributed by atoms with Crippen molar-refractivity contribution >= 4 is 23.2 Å². The van der Waals surface area contributed by atoms with Gasteiger partial charge in [0.1, 0.15) is 0 Å². The second-order valence-corrected chi connectivity index (χ2v) is 5.85. The van der Waals surface area contributed by atoms with Gasteiger partial charge in [0, 0.05) is 44.6 Å². The van der Waals surface area contributed by atoms with Gasteiger partial charge >= 0.3 is 12.1 Å². The van der Waals surface area contributed by atoms with E-state index in [1.54, 1.807) is 0 Å². The molecule has 0 spiro atoms. The fourth-order valence-corrected chi connectivity index (χ4v) is 2.82. The number of benzene rings is 1. The molecule has 0 bridgehead atoms. The molecule has 1 fully saturated rings. The molecule has 2 rings (SSSR count).